The third-order valence-electron chi connectivity index (χ3n) is 4.08. The minimum Gasteiger partial charge on any atom is -0.459 e. The molecule has 0 spiro atoms. The lowest BCUT2D eigenvalue weighted by Crippen LogP contribution is -2.58. The monoisotopic (exact) mass is 284 g/mol. The van der Waals surface area contributed by atoms with Gasteiger partial charge in [-0.2, -0.15) is 0 Å². The topological polar surface area (TPSA) is 61.8 Å². The van der Waals surface area contributed by atoms with Crippen molar-refractivity contribution in [3.8, 4) is 0 Å². The van der Waals surface area contributed by atoms with E-state index in [4.69, 9.17) is 4.74 Å². The molecule has 2 N–H and O–H groups in total. The van der Waals surface area contributed by atoms with Crippen LogP contribution in [0.25, 0.3) is 0 Å². The van der Waals surface area contributed by atoms with E-state index in [2.05, 4.69) is 10.2 Å². The summed E-state index contributed by atoms with van der Waals surface area (Å²) in [6, 6.07) is 0.278. The van der Waals surface area contributed by atoms with E-state index in [9.17, 15) is 9.90 Å². The van der Waals surface area contributed by atoms with Crippen molar-refractivity contribution in [2.45, 2.75) is 70.2 Å². The van der Waals surface area contributed by atoms with Gasteiger partial charge in [0.15, 0.2) is 0 Å². The second-order valence-electron chi connectivity index (χ2n) is 7.00. The third kappa shape index (κ3) is 4.43. The molecule has 0 amide bonds. The van der Waals surface area contributed by atoms with Crippen LogP contribution in [0.4, 0.5) is 0 Å². The summed E-state index contributed by atoms with van der Waals surface area (Å²) in [7, 11) is 0. The van der Waals surface area contributed by atoms with Crippen LogP contribution in [-0.2, 0) is 9.53 Å². The summed E-state index contributed by atoms with van der Waals surface area (Å²) >= 11 is 0. The highest BCUT2D eigenvalue weighted by Crippen LogP contribution is 2.24. The van der Waals surface area contributed by atoms with Crippen molar-refractivity contribution in [1.82, 2.24) is 10.2 Å². The molecule has 5 heteroatoms. The summed E-state index contributed by atoms with van der Waals surface area (Å²) in [6.45, 7) is 8.20. The predicted octanol–water partition coefficient (Wildman–Crippen LogP) is 0.905. The normalized spacial score (nSPS) is 32.9. The highest BCUT2D eigenvalue weighted by atomic mass is 16.6. The highest BCUT2D eigenvalue weighted by molar-refractivity contribution is 5.76. The Bertz CT molecular complexity index is 333. The molecule has 5 nitrogen and oxygen atoms in total. The van der Waals surface area contributed by atoms with Gasteiger partial charge in [0.05, 0.1) is 6.10 Å². The van der Waals surface area contributed by atoms with Gasteiger partial charge in [-0.05, 0) is 46.5 Å². The van der Waals surface area contributed by atoms with Crippen molar-refractivity contribution in [2.75, 3.05) is 19.6 Å². The quantitative estimate of drug-likeness (QED) is 0.738. The molecule has 0 radical (unpaired) electrons. The zero-order valence-electron chi connectivity index (χ0n) is 12.9. The number of hydrogen-bond acceptors (Lipinski definition) is 5. The number of nitrogens with zero attached hydrogens (tertiary/aromatic N) is 1. The van der Waals surface area contributed by atoms with Gasteiger partial charge in [-0.1, -0.05) is 0 Å². The minimum absolute atomic E-state index is 0.129. The Balaban J connectivity index is 1.86. The molecule has 1 atom stereocenters. The molecule has 1 aliphatic heterocycles. The van der Waals surface area contributed by atoms with Crippen LogP contribution in [-0.4, -0.2) is 59.4 Å². The molecule has 1 unspecified atom stereocenters. The first-order chi connectivity index (χ1) is 9.35. The van der Waals surface area contributed by atoms with E-state index < -0.39 is 5.60 Å². The Kier molecular flexibility index (Phi) is 5.04. The molecule has 1 saturated carbocycles. The lowest BCUT2D eigenvalue weighted by atomic mass is 9.91. The van der Waals surface area contributed by atoms with Gasteiger partial charge in [-0.25, -0.2) is 0 Å². The average Bonchev–Trinajstić information content (AvgIpc) is 2.38. The van der Waals surface area contributed by atoms with Gasteiger partial charge in [0.1, 0.15) is 11.6 Å². The van der Waals surface area contributed by atoms with E-state index in [1.807, 2.05) is 20.8 Å². The zero-order chi connectivity index (χ0) is 14.8. The highest BCUT2D eigenvalue weighted by Gasteiger charge is 2.33. The van der Waals surface area contributed by atoms with E-state index in [1.165, 1.54) is 0 Å². The first-order valence-electron chi connectivity index (χ1n) is 7.73. The Morgan fingerprint density at radius 3 is 2.50 bits per heavy atom. The number of esters is 1. The summed E-state index contributed by atoms with van der Waals surface area (Å²) in [4.78, 5) is 14.5. The van der Waals surface area contributed by atoms with Crippen LogP contribution in [0, 0.1) is 0 Å². The number of nitrogens with one attached hydrogen (secondary N) is 1. The predicted molar refractivity (Wildman–Crippen MR) is 77.5 cm³/mol. The molecule has 1 aliphatic carbocycles. The van der Waals surface area contributed by atoms with Crippen LogP contribution in [0.5, 0.6) is 0 Å². The smallest absolute Gasteiger partial charge is 0.324 e. The van der Waals surface area contributed by atoms with Gasteiger partial charge in [-0.15, -0.1) is 0 Å². The summed E-state index contributed by atoms with van der Waals surface area (Å²) in [6.07, 6.45) is 3.69. The lowest BCUT2D eigenvalue weighted by molar-refractivity contribution is -0.159. The third-order valence-corrected chi connectivity index (χ3v) is 4.08. The number of carbonyl (C=O) groups excluding carboxylic acids is 1. The molecule has 0 aromatic carbocycles. The standard InChI is InChI=1S/C15H28N2O3/c1-15(2,3)20-14(19)13-10-17(9-8-16-13)11-4-6-12(18)7-5-11/h11-13,16,18H,4-10H2,1-3H3. The van der Waals surface area contributed by atoms with Crippen LogP contribution in [0.15, 0.2) is 0 Å². The van der Waals surface area contributed by atoms with Crippen molar-refractivity contribution < 1.29 is 14.6 Å². The molecule has 2 aliphatic rings. The first kappa shape index (κ1) is 15.7. The van der Waals surface area contributed by atoms with Crippen LogP contribution in [0.1, 0.15) is 46.5 Å². The molecule has 2 rings (SSSR count). The van der Waals surface area contributed by atoms with Gasteiger partial charge in [-0.3, -0.25) is 9.69 Å². The molecular weight excluding hydrogens is 256 g/mol. The Morgan fingerprint density at radius 2 is 1.90 bits per heavy atom. The van der Waals surface area contributed by atoms with Crippen LogP contribution in [0.2, 0.25) is 0 Å². The number of aliphatic hydroxyl groups excluding tert-OH is 1. The minimum atomic E-state index is -0.435. The summed E-state index contributed by atoms with van der Waals surface area (Å²) in [5, 5.41) is 12.8. The van der Waals surface area contributed by atoms with Crippen LogP contribution in [0.3, 0.4) is 0 Å². The van der Waals surface area contributed by atoms with Crippen molar-refractivity contribution in [3.63, 3.8) is 0 Å². The molecule has 116 valence electrons. The SMILES string of the molecule is CC(C)(C)OC(=O)C1CN(C2CCC(O)CC2)CCN1. The summed E-state index contributed by atoms with van der Waals surface area (Å²) in [5.74, 6) is -0.155. The molecule has 2 fully saturated rings. The fraction of sp³-hybridized carbons (Fsp3) is 0.933. The largest absolute Gasteiger partial charge is 0.459 e. The average molecular weight is 284 g/mol. The Hall–Kier alpha value is -0.650. The summed E-state index contributed by atoms with van der Waals surface area (Å²) in [5.41, 5.74) is -0.435. The zero-order valence-corrected chi connectivity index (χ0v) is 12.9. The maximum Gasteiger partial charge on any atom is 0.324 e. The van der Waals surface area contributed by atoms with Crippen LogP contribution >= 0.6 is 0 Å². The van der Waals surface area contributed by atoms with Gasteiger partial charge in [0, 0.05) is 25.7 Å². The van der Waals surface area contributed by atoms with Crippen LogP contribution < -0.4 is 5.32 Å². The van der Waals surface area contributed by atoms with Crippen molar-refractivity contribution in [3.05, 3.63) is 0 Å². The Labute approximate surface area is 121 Å². The number of carbonyl (C=O) groups is 1. The van der Waals surface area contributed by atoms with E-state index in [0.717, 1.165) is 45.3 Å². The molecule has 0 aromatic rings. The number of piperazine rings is 1. The number of rotatable bonds is 2. The van der Waals surface area contributed by atoms with Gasteiger partial charge in [0.2, 0.25) is 0 Å². The number of hydrogen-bond donors (Lipinski definition) is 2. The van der Waals surface area contributed by atoms with E-state index in [0.29, 0.717) is 6.04 Å². The van der Waals surface area contributed by atoms with Crippen molar-refractivity contribution >= 4 is 5.97 Å². The lowest BCUT2D eigenvalue weighted by Gasteiger charge is -2.40. The molecule has 1 saturated heterocycles. The molecule has 0 aromatic heterocycles. The second-order valence-corrected chi connectivity index (χ2v) is 7.00. The fourth-order valence-corrected chi connectivity index (χ4v) is 3.06. The Morgan fingerprint density at radius 1 is 1.25 bits per heavy atom. The molecule has 20 heavy (non-hydrogen) atoms. The summed E-state index contributed by atoms with van der Waals surface area (Å²) < 4.78 is 5.46. The molecular formula is C15H28N2O3. The van der Waals surface area contributed by atoms with Crippen molar-refractivity contribution in [2.24, 2.45) is 0 Å². The van der Waals surface area contributed by atoms with Gasteiger partial charge in [0.25, 0.3) is 0 Å². The number of ether oxygens (including phenoxy) is 1. The fourth-order valence-electron chi connectivity index (χ4n) is 3.06. The van der Waals surface area contributed by atoms with Crippen molar-refractivity contribution in [1.29, 1.82) is 0 Å². The number of aliphatic hydroxyl groups is 1. The van der Waals surface area contributed by atoms with E-state index >= 15 is 0 Å². The van der Waals surface area contributed by atoms with Gasteiger partial charge < -0.3 is 15.2 Å². The second kappa shape index (κ2) is 6.41. The molecule has 0 bridgehead atoms. The van der Waals surface area contributed by atoms with Gasteiger partial charge >= 0.3 is 5.97 Å². The molecule has 1 heterocycles. The maximum atomic E-state index is 12.1. The van der Waals surface area contributed by atoms with E-state index in [-0.39, 0.29) is 18.1 Å². The van der Waals surface area contributed by atoms with E-state index in [1.54, 1.807) is 0 Å². The maximum absolute atomic E-state index is 12.1. The first-order valence-corrected chi connectivity index (χ1v) is 7.73.